The summed E-state index contributed by atoms with van der Waals surface area (Å²) in [6.07, 6.45) is 0.198. The summed E-state index contributed by atoms with van der Waals surface area (Å²) in [5.74, 6) is 0. The molecule has 0 fully saturated rings. The van der Waals surface area contributed by atoms with Crippen LogP contribution in [0, 0.1) is 0 Å². The molecule has 1 rings (SSSR count). The first-order chi connectivity index (χ1) is 10.5. The molecule has 0 aromatic heterocycles. The third kappa shape index (κ3) is 8.45. The molecule has 0 saturated heterocycles. The van der Waals surface area contributed by atoms with Gasteiger partial charge in [-0.05, 0) is 26.0 Å². The van der Waals surface area contributed by atoms with Gasteiger partial charge in [-0.2, -0.15) is 8.42 Å². The van der Waals surface area contributed by atoms with Crippen molar-refractivity contribution in [3.05, 3.63) is 30.3 Å². The molecule has 0 saturated carbocycles. The van der Waals surface area contributed by atoms with Crippen molar-refractivity contribution in [2.24, 2.45) is 0 Å². The molecule has 0 N–H and O–H groups in total. The predicted molar refractivity (Wildman–Crippen MR) is 82.3 cm³/mol. The van der Waals surface area contributed by atoms with Crippen LogP contribution in [0.25, 0.3) is 0 Å². The summed E-state index contributed by atoms with van der Waals surface area (Å²) in [6.45, 7) is 5.99. The Bertz CT molecular complexity index is 486. The van der Waals surface area contributed by atoms with Crippen LogP contribution in [-0.4, -0.2) is 54.2 Å². The molecule has 0 unspecified atom stereocenters. The summed E-state index contributed by atoms with van der Waals surface area (Å²) in [7, 11) is -3.70. The van der Waals surface area contributed by atoms with Crippen LogP contribution in [0.2, 0.25) is 0 Å². The van der Waals surface area contributed by atoms with E-state index in [4.69, 9.17) is 18.4 Å². The van der Waals surface area contributed by atoms with Crippen LogP contribution in [-0.2, 0) is 28.5 Å². The minimum Gasteiger partial charge on any atom is -0.377 e. The van der Waals surface area contributed by atoms with Gasteiger partial charge in [0.2, 0.25) is 0 Å². The van der Waals surface area contributed by atoms with Gasteiger partial charge in [-0.3, -0.25) is 4.18 Å². The smallest absolute Gasteiger partial charge is 0.297 e. The summed E-state index contributed by atoms with van der Waals surface area (Å²) >= 11 is 0. The van der Waals surface area contributed by atoms with Crippen LogP contribution in [0.5, 0.6) is 0 Å². The Kier molecular flexibility index (Phi) is 9.26. The standard InChI is InChI=1S/C15H24O6S/c1-14(2)20-12-10-18-8-9-19-11-13-21-22(16,17)15-6-4-3-5-7-15/h3-7,14H,8-13H2,1-2H3. The number of ether oxygens (including phenoxy) is 3. The first kappa shape index (κ1) is 19.1. The monoisotopic (exact) mass is 332 g/mol. The van der Waals surface area contributed by atoms with Gasteiger partial charge in [-0.25, -0.2) is 0 Å². The van der Waals surface area contributed by atoms with E-state index in [1.807, 2.05) is 13.8 Å². The van der Waals surface area contributed by atoms with Crippen LogP contribution in [0.4, 0.5) is 0 Å². The molecule has 6 nitrogen and oxygen atoms in total. The quantitative estimate of drug-likeness (QED) is 0.430. The highest BCUT2D eigenvalue weighted by atomic mass is 32.2. The minimum absolute atomic E-state index is 0.0202. The van der Waals surface area contributed by atoms with Gasteiger partial charge in [-0.15, -0.1) is 0 Å². The fraction of sp³-hybridized carbons (Fsp3) is 0.600. The van der Waals surface area contributed by atoms with Crippen molar-refractivity contribution in [3.8, 4) is 0 Å². The lowest BCUT2D eigenvalue weighted by Crippen LogP contribution is -2.15. The SMILES string of the molecule is CC(C)OCCOCCOCCOS(=O)(=O)c1ccccc1. The summed E-state index contributed by atoms with van der Waals surface area (Å²) in [6, 6.07) is 8.01. The molecular formula is C15H24O6S. The first-order valence-corrected chi connectivity index (χ1v) is 8.65. The normalized spacial score (nSPS) is 12.0. The van der Waals surface area contributed by atoms with E-state index >= 15 is 0 Å². The first-order valence-electron chi connectivity index (χ1n) is 7.24. The Morgan fingerprint density at radius 2 is 1.41 bits per heavy atom. The van der Waals surface area contributed by atoms with Gasteiger partial charge in [0, 0.05) is 0 Å². The van der Waals surface area contributed by atoms with Gasteiger partial charge in [0.05, 0.1) is 50.6 Å². The molecule has 0 atom stereocenters. The largest absolute Gasteiger partial charge is 0.377 e. The Morgan fingerprint density at radius 3 is 2.00 bits per heavy atom. The zero-order valence-corrected chi connectivity index (χ0v) is 13.9. The molecule has 0 radical (unpaired) electrons. The highest BCUT2D eigenvalue weighted by Gasteiger charge is 2.13. The second kappa shape index (κ2) is 10.7. The van der Waals surface area contributed by atoms with Crippen LogP contribution in [0.3, 0.4) is 0 Å². The molecule has 0 heterocycles. The molecule has 0 spiro atoms. The third-order valence-corrected chi connectivity index (χ3v) is 3.88. The molecule has 1 aromatic rings. The van der Waals surface area contributed by atoms with E-state index in [1.54, 1.807) is 18.2 Å². The maximum Gasteiger partial charge on any atom is 0.297 e. The third-order valence-electron chi connectivity index (χ3n) is 2.55. The van der Waals surface area contributed by atoms with E-state index in [0.29, 0.717) is 26.4 Å². The molecule has 0 amide bonds. The summed E-state index contributed by atoms with van der Waals surface area (Å²) < 4.78 is 44.3. The van der Waals surface area contributed by atoms with E-state index in [0.717, 1.165) is 0 Å². The summed E-state index contributed by atoms with van der Waals surface area (Å²) in [5.41, 5.74) is 0. The van der Waals surface area contributed by atoms with Crippen molar-refractivity contribution in [3.63, 3.8) is 0 Å². The van der Waals surface area contributed by atoms with Gasteiger partial charge in [0.25, 0.3) is 10.1 Å². The van der Waals surface area contributed by atoms with Crippen molar-refractivity contribution in [1.82, 2.24) is 0 Å². The highest BCUT2D eigenvalue weighted by molar-refractivity contribution is 7.86. The van der Waals surface area contributed by atoms with Crippen molar-refractivity contribution in [2.45, 2.75) is 24.8 Å². The Hall–Kier alpha value is -0.990. The van der Waals surface area contributed by atoms with Gasteiger partial charge >= 0.3 is 0 Å². The summed E-state index contributed by atoms with van der Waals surface area (Å²) in [5, 5.41) is 0. The second-order valence-corrected chi connectivity index (χ2v) is 6.35. The number of hydrogen-bond acceptors (Lipinski definition) is 6. The lowest BCUT2D eigenvalue weighted by Gasteiger charge is -2.09. The minimum atomic E-state index is -3.70. The maximum atomic E-state index is 11.8. The van der Waals surface area contributed by atoms with E-state index in [-0.39, 0.29) is 24.2 Å². The van der Waals surface area contributed by atoms with Crippen molar-refractivity contribution >= 4 is 10.1 Å². The van der Waals surface area contributed by atoms with E-state index in [9.17, 15) is 8.42 Å². The van der Waals surface area contributed by atoms with Crippen molar-refractivity contribution in [2.75, 3.05) is 39.6 Å². The zero-order chi connectivity index (χ0) is 16.3. The van der Waals surface area contributed by atoms with Gasteiger partial charge in [0.15, 0.2) is 0 Å². The lowest BCUT2D eigenvalue weighted by molar-refractivity contribution is -0.00446. The van der Waals surface area contributed by atoms with Gasteiger partial charge in [0.1, 0.15) is 0 Å². The fourth-order valence-corrected chi connectivity index (χ4v) is 2.44. The molecule has 1 aromatic carbocycles. The topological polar surface area (TPSA) is 71.1 Å². The average molecular weight is 332 g/mol. The molecule has 22 heavy (non-hydrogen) atoms. The molecule has 0 aliphatic carbocycles. The van der Waals surface area contributed by atoms with E-state index in [1.165, 1.54) is 12.1 Å². The molecule has 0 aliphatic rings. The molecular weight excluding hydrogens is 308 g/mol. The lowest BCUT2D eigenvalue weighted by atomic mass is 10.4. The average Bonchev–Trinajstić information content (AvgIpc) is 2.49. The second-order valence-electron chi connectivity index (χ2n) is 4.73. The number of benzene rings is 1. The van der Waals surface area contributed by atoms with Crippen LogP contribution < -0.4 is 0 Å². The molecule has 126 valence electrons. The van der Waals surface area contributed by atoms with Gasteiger partial charge in [-0.1, -0.05) is 18.2 Å². The summed E-state index contributed by atoms with van der Waals surface area (Å²) in [4.78, 5) is 0.142. The highest BCUT2D eigenvalue weighted by Crippen LogP contribution is 2.10. The molecule has 0 bridgehead atoms. The van der Waals surface area contributed by atoms with Crippen molar-refractivity contribution < 1.29 is 26.8 Å². The van der Waals surface area contributed by atoms with Crippen molar-refractivity contribution in [1.29, 1.82) is 0 Å². The van der Waals surface area contributed by atoms with Crippen LogP contribution in [0.15, 0.2) is 35.2 Å². The Balaban J connectivity index is 2.02. The van der Waals surface area contributed by atoms with E-state index in [2.05, 4.69) is 0 Å². The Labute approximate surface area is 132 Å². The zero-order valence-electron chi connectivity index (χ0n) is 13.1. The Morgan fingerprint density at radius 1 is 0.864 bits per heavy atom. The number of rotatable bonds is 12. The fourth-order valence-electron chi connectivity index (χ4n) is 1.52. The van der Waals surface area contributed by atoms with Gasteiger partial charge < -0.3 is 14.2 Å². The number of hydrogen-bond donors (Lipinski definition) is 0. The molecule has 0 aliphatic heterocycles. The van der Waals surface area contributed by atoms with Crippen LogP contribution in [0.1, 0.15) is 13.8 Å². The molecule has 7 heteroatoms. The maximum absolute atomic E-state index is 11.8. The van der Waals surface area contributed by atoms with Crippen LogP contribution >= 0.6 is 0 Å². The predicted octanol–water partition coefficient (Wildman–Crippen LogP) is 1.85. The van der Waals surface area contributed by atoms with E-state index < -0.39 is 10.1 Å².